The zero-order valence-electron chi connectivity index (χ0n) is 12.7. The van der Waals surface area contributed by atoms with E-state index in [0.717, 1.165) is 12.1 Å². The monoisotopic (exact) mass is 393 g/mol. The van der Waals surface area contributed by atoms with Gasteiger partial charge in [0, 0.05) is 17.6 Å². The number of hydrogen-bond donors (Lipinski definition) is 1. The lowest BCUT2D eigenvalue weighted by atomic mass is 10.1. The normalized spacial score (nSPS) is 13.0. The fourth-order valence-corrected chi connectivity index (χ4v) is 4.12. The van der Waals surface area contributed by atoms with Crippen LogP contribution in [0.1, 0.15) is 18.5 Å². The Morgan fingerprint density at radius 1 is 1.08 bits per heavy atom. The molecule has 0 radical (unpaired) electrons. The van der Waals surface area contributed by atoms with E-state index in [1.54, 1.807) is 6.92 Å². The third kappa shape index (κ3) is 4.66. The van der Waals surface area contributed by atoms with Crippen LogP contribution in [-0.2, 0) is 9.84 Å². The van der Waals surface area contributed by atoms with Crippen LogP contribution >= 0.6 is 23.2 Å². The standard InChI is InChI=1S/C16H15Cl2F2NO2S/c1-10(11-2-5-14(19)15(20)8-11)21-6-7-24(22,23)16-9-12(17)3-4-13(16)18/h2-5,8-10,21H,6-7H2,1H3/t10-/m0/s1. The Labute approximate surface area is 149 Å². The number of halogens is 4. The van der Waals surface area contributed by atoms with E-state index in [-0.39, 0.29) is 33.3 Å². The van der Waals surface area contributed by atoms with Crippen LogP contribution in [0.2, 0.25) is 10.0 Å². The van der Waals surface area contributed by atoms with E-state index >= 15 is 0 Å². The van der Waals surface area contributed by atoms with Crippen molar-refractivity contribution in [2.75, 3.05) is 12.3 Å². The van der Waals surface area contributed by atoms with Crippen molar-refractivity contribution < 1.29 is 17.2 Å². The van der Waals surface area contributed by atoms with Crippen LogP contribution in [0.3, 0.4) is 0 Å². The van der Waals surface area contributed by atoms with Crippen LogP contribution in [0.25, 0.3) is 0 Å². The molecule has 2 rings (SSSR count). The molecule has 8 heteroatoms. The topological polar surface area (TPSA) is 46.2 Å². The molecule has 2 aromatic carbocycles. The number of benzene rings is 2. The maximum Gasteiger partial charge on any atom is 0.181 e. The molecule has 2 aromatic rings. The van der Waals surface area contributed by atoms with Crippen molar-refractivity contribution in [3.8, 4) is 0 Å². The Morgan fingerprint density at radius 3 is 2.46 bits per heavy atom. The molecule has 0 aliphatic rings. The first kappa shape index (κ1) is 19.1. The SMILES string of the molecule is C[C@H](NCCS(=O)(=O)c1cc(Cl)ccc1Cl)c1ccc(F)c(F)c1. The molecular formula is C16H15Cl2F2NO2S. The Balaban J connectivity index is 2.02. The van der Waals surface area contributed by atoms with E-state index in [2.05, 4.69) is 5.32 Å². The molecule has 0 aliphatic heterocycles. The fraction of sp³-hybridized carbons (Fsp3) is 0.250. The van der Waals surface area contributed by atoms with E-state index in [4.69, 9.17) is 23.2 Å². The van der Waals surface area contributed by atoms with E-state index in [0.29, 0.717) is 5.56 Å². The summed E-state index contributed by atoms with van der Waals surface area (Å²) in [6, 6.07) is 7.45. The average Bonchev–Trinajstić information content (AvgIpc) is 2.52. The summed E-state index contributed by atoms with van der Waals surface area (Å²) in [6.45, 7) is 1.84. The molecule has 0 spiro atoms. The minimum atomic E-state index is -3.62. The third-order valence-corrected chi connectivity index (χ3v) is 5.92. The third-order valence-electron chi connectivity index (χ3n) is 3.49. The average molecular weight is 394 g/mol. The Kier molecular flexibility index (Phi) is 6.20. The molecule has 0 fully saturated rings. The van der Waals surface area contributed by atoms with Gasteiger partial charge in [0.15, 0.2) is 21.5 Å². The molecule has 0 aromatic heterocycles. The van der Waals surface area contributed by atoms with Gasteiger partial charge in [-0.3, -0.25) is 0 Å². The highest BCUT2D eigenvalue weighted by Crippen LogP contribution is 2.26. The maximum absolute atomic E-state index is 13.2. The first-order valence-electron chi connectivity index (χ1n) is 7.07. The lowest BCUT2D eigenvalue weighted by Gasteiger charge is -2.15. The quantitative estimate of drug-likeness (QED) is 0.790. The first-order chi connectivity index (χ1) is 11.2. The van der Waals surface area contributed by atoms with Gasteiger partial charge >= 0.3 is 0 Å². The molecule has 0 bridgehead atoms. The van der Waals surface area contributed by atoms with Crippen molar-refractivity contribution in [1.29, 1.82) is 0 Å². The van der Waals surface area contributed by atoms with Crippen LogP contribution in [0.4, 0.5) is 8.78 Å². The lowest BCUT2D eigenvalue weighted by molar-refractivity contribution is 0.502. The van der Waals surface area contributed by atoms with Gasteiger partial charge in [0.25, 0.3) is 0 Å². The predicted octanol–water partition coefficient (Wildman–Crippen LogP) is 4.40. The Bertz CT molecular complexity index is 844. The Hall–Kier alpha value is -1.21. The summed E-state index contributed by atoms with van der Waals surface area (Å²) in [6.07, 6.45) is 0. The minimum Gasteiger partial charge on any atom is -0.309 e. The van der Waals surface area contributed by atoms with E-state index in [1.165, 1.54) is 24.3 Å². The molecule has 1 N–H and O–H groups in total. The minimum absolute atomic E-state index is 0.0288. The number of sulfone groups is 1. The second kappa shape index (κ2) is 7.78. The molecule has 0 saturated heterocycles. The van der Waals surface area contributed by atoms with Gasteiger partial charge in [-0.1, -0.05) is 29.3 Å². The van der Waals surface area contributed by atoms with Crippen LogP contribution in [0.5, 0.6) is 0 Å². The summed E-state index contributed by atoms with van der Waals surface area (Å²) in [5.74, 6) is -2.08. The zero-order chi connectivity index (χ0) is 17.9. The summed E-state index contributed by atoms with van der Waals surface area (Å²) in [5, 5.41) is 3.34. The van der Waals surface area contributed by atoms with Gasteiger partial charge < -0.3 is 5.32 Å². The maximum atomic E-state index is 13.2. The molecule has 24 heavy (non-hydrogen) atoms. The second-order valence-electron chi connectivity index (χ2n) is 5.24. The largest absolute Gasteiger partial charge is 0.309 e. The second-order valence-corrected chi connectivity index (χ2v) is 8.16. The van der Waals surface area contributed by atoms with Crippen LogP contribution in [0.15, 0.2) is 41.3 Å². The van der Waals surface area contributed by atoms with Crippen molar-refractivity contribution >= 4 is 33.0 Å². The van der Waals surface area contributed by atoms with Crippen molar-refractivity contribution in [1.82, 2.24) is 5.32 Å². The number of nitrogens with one attached hydrogen (secondary N) is 1. The van der Waals surface area contributed by atoms with Crippen LogP contribution in [-0.4, -0.2) is 20.7 Å². The predicted molar refractivity (Wildman–Crippen MR) is 91.3 cm³/mol. The molecule has 0 saturated carbocycles. The Morgan fingerprint density at radius 2 is 1.79 bits per heavy atom. The van der Waals surface area contributed by atoms with Gasteiger partial charge in [-0.15, -0.1) is 0 Å². The molecular weight excluding hydrogens is 379 g/mol. The molecule has 1 atom stereocenters. The summed E-state index contributed by atoms with van der Waals surface area (Å²) < 4.78 is 50.8. The zero-order valence-corrected chi connectivity index (χ0v) is 15.0. The fourth-order valence-electron chi connectivity index (χ4n) is 2.13. The molecule has 0 amide bonds. The van der Waals surface area contributed by atoms with Gasteiger partial charge in [0.2, 0.25) is 0 Å². The van der Waals surface area contributed by atoms with Gasteiger partial charge in [-0.25, -0.2) is 17.2 Å². The van der Waals surface area contributed by atoms with Crippen LogP contribution in [0, 0.1) is 11.6 Å². The van der Waals surface area contributed by atoms with Gasteiger partial charge in [0.05, 0.1) is 15.7 Å². The molecule has 0 unspecified atom stereocenters. The van der Waals surface area contributed by atoms with Crippen molar-refractivity contribution in [2.24, 2.45) is 0 Å². The lowest BCUT2D eigenvalue weighted by Crippen LogP contribution is -2.26. The highest BCUT2D eigenvalue weighted by Gasteiger charge is 2.19. The van der Waals surface area contributed by atoms with Gasteiger partial charge in [-0.2, -0.15) is 0 Å². The van der Waals surface area contributed by atoms with Gasteiger partial charge in [0.1, 0.15) is 0 Å². The van der Waals surface area contributed by atoms with Crippen molar-refractivity contribution in [3.05, 3.63) is 63.6 Å². The summed E-state index contributed by atoms with van der Waals surface area (Å²) in [4.78, 5) is -0.0288. The molecule has 0 aliphatic carbocycles. The van der Waals surface area contributed by atoms with Gasteiger partial charge in [-0.05, 0) is 42.8 Å². The summed E-state index contributed by atoms with van der Waals surface area (Å²) in [5.41, 5.74) is 0.520. The van der Waals surface area contributed by atoms with Crippen LogP contribution < -0.4 is 5.32 Å². The molecule has 0 heterocycles. The van der Waals surface area contributed by atoms with E-state index in [1.807, 2.05) is 0 Å². The smallest absolute Gasteiger partial charge is 0.181 e. The first-order valence-corrected chi connectivity index (χ1v) is 9.47. The highest BCUT2D eigenvalue weighted by molar-refractivity contribution is 7.91. The number of rotatable bonds is 6. The molecule has 3 nitrogen and oxygen atoms in total. The highest BCUT2D eigenvalue weighted by atomic mass is 35.5. The van der Waals surface area contributed by atoms with Crippen molar-refractivity contribution in [2.45, 2.75) is 17.9 Å². The number of hydrogen-bond acceptors (Lipinski definition) is 3. The van der Waals surface area contributed by atoms with E-state index in [9.17, 15) is 17.2 Å². The molecule has 130 valence electrons. The van der Waals surface area contributed by atoms with E-state index < -0.39 is 21.5 Å². The van der Waals surface area contributed by atoms with Crippen molar-refractivity contribution in [3.63, 3.8) is 0 Å². The summed E-state index contributed by atoms with van der Waals surface area (Å²) in [7, 11) is -3.62. The summed E-state index contributed by atoms with van der Waals surface area (Å²) >= 11 is 11.7.